The minimum absolute atomic E-state index is 0.133. The first kappa shape index (κ1) is 23.3. The highest BCUT2D eigenvalue weighted by Gasteiger charge is 2.48. The van der Waals surface area contributed by atoms with Gasteiger partial charge in [-0.1, -0.05) is 54.6 Å². The summed E-state index contributed by atoms with van der Waals surface area (Å²) in [6.45, 7) is 2.46. The number of H-pyrrole nitrogens is 1. The number of carbonyl (C=O) groups is 1. The fourth-order valence-corrected chi connectivity index (χ4v) is 5.37. The van der Waals surface area contributed by atoms with E-state index in [0.717, 1.165) is 40.9 Å². The Morgan fingerprint density at radius 1 is 1.08 bits per heavy atom. The number of nitrogens with one attached hydrogen (secondary N) is 1. The van der Waals surface area contributed by atoms with Crippen LogP contribution in [-0.2, 0) is 23.2 Å². The molecule has 7 heteroatoms. The van der Waals surface area contributed by atoms with Gasteiger partial charge in [-0.2, -0.15) is 0 Å². The van der Waals surface area contributed by atoms with Gasteiger partial charge in [0.1, 0.15) is 5.82 Å². The third-order valence-corrected chi connectivity index (χ3v) is 7.66. The van der Waals surface area contributed by atoms with Crippen molar-refractivity contribution in [3.63, 3.8) is 0 Å². The number of aliphatic hydroxyl groups excluding tert-OH is 1. The second-order valence-corrected chi connectivity index (χ2v) is 9.96. The largest absolute Gasteiger partial charge is 0.378 e. The van der Waals surface area contributed by atoms with Crippen LogP contribution >= 0.6 is 0 Å². The lowest BCUT2D eigenvalue weighted by molar-refractivity contribution is -0.141. The summed E-state index contributed by atoms with van der Waals surface area (Å²) in [4.78, 5) is 40.2. The number of pyridine rings is 1. The van der Waals surface area contributed by atoms with Gasteiger partial charge in [0.2, 0.25) is 0 Å². The predicted molar refractivity (Wildman–Crippen MR) is 140 cm³/mol. The Kier molecular flexibility index (Phi) is 5.72. The molecule has 1 unspecified atom stereocenters. The molecule has 2 aliphatic rings. The monoisotopic (exact) mass is 492 g/mol. The zero-order chi connectivity index (χ0) is 25.6. The van der Waals surface area contributed by atoms with Crippen molar-refractivity contribution in [1.29, 1.82) is 0 Å². The van der Waals surface area contributed by atoms with Crippen LogP contribution in [0.5, 0.6) is 0 Å². The van der Waals surface area contributed by atoms with E-state index >= 15 is 0 Å². The lowest BCUT2D eigenvalue weighted by atomic mass is 9.94. The molecule has 0 saturated heterocycles. The minimum atomic E-state index is -1.32. The fourth-order valence-electron chi connectivity index (χ4n) is 5.37. The number of benzene rings is 2. The molecule has 1 saturated carbocycles. The van der Waals surface area contributed by atoms with Gasteiger partial charge in [0.25, 0.3) is 11.5 Å². The molecule has 7 nitrogen and oxygen atoms in total. The molecule has 3 heterocycles. The van der Waals surface area contributed by atoms with E-state index in [1.807, 2.05) is 55.5 Å². The lowest BCUT2D eigenvalue weighted by Crippen LogP contribution is -2.42. The van der Waals surface area contributed by atoms with Crippen molar-refractivity contribution >= 4 is 5.91 Å². The van der Waals surface area contributed by atoms with E-state index in [0.29, 0.717) is 29.9 Å². The van der Waals surface area contributed by atoms with Crippen LogP contribution in [0.1, 0.15) is 52.8 Å². The molecule has 1 aliphatic carbocycles. The Labute approximate surface area is 214 Å². The molecular formula is C30H28N4O3. The topological polar surface area (TPSA) is 99.2 Å². The van der Waals surface area contributed by atoms with Crippen LogP contribution in [-0.4, -0.2) is 37.4 Å². The number of aromatic amines is 1. The Balaban J connectivity index is 1.23. The molecule has 2 N–H and O–H groups in total. The molecule has 1 atom stereocenters. The summed E-state index contributed by atoms with van der Waals surface area (Å²) < 4.78 is 0. The van der Waals surface area contributed by atoms with Crippen molar-refractivity contribution in [3.8, 4) is 11.1 Å². The zero-order valence-corrected chi connectivity index (χ0v) is 20.6. The molecule has 1 aliphatic heterocycles. The fraction of sp³-hybridized carbons (Fsp3) is 0.267. The van der Waals surface area contributed by atoms with E-state index in [-0.39, 0.29) is 17.5 Å². The van der Waals surface area contributed by atoms with Crippen LogP contribution in [0.25, 0.3) is 11.1 Å². The van der Waals surface area contributed by atoms with E-state index in [4.69, 9.17) is 4.98 Å². The molecule has 2 aromatic carbocycles. The van der Waals surface area contributed by atoms with E-state index in [9.17, 15) is 14.7 Å². The third-order valence-electron chi connectivity index (χ3n) is 7.66. The second-order valence-electron chi connectivity index (χ2n) is 9.96. The molecule has 186 valence electrons. The van der Waals surface area contributed by atoms with Crippen molar-refractivity contribution in [2.45, 2.75) is 44.2 Å². The number of amides is 1. The molecule has 0 spiro atoms. The van der Waals surface area contributed by atoms with Crippen LogP contribution in [0.2, 0.25) is 0 Å². The molecule has 4 aromatic rings. The van der Waals surface area contributed by atoms with Gasteiger partial charge in [-0.15, -0.1) is 0 Å². The summed E-state index contributed by atoms with van der Waals surface area (Å²) in [5, 5.41) is 11.0. The van der Waals surface area contributed by atoms with Gasteiger partial charge in [-0.25, -0.2) is 4.98 Å². The molecular weight excluding hydrogens is 464 g/mol. The Morgan fingerprint density at radius 3 is 2.65 bits per heavy atom. The first-order valence-electron chi connectivity index (χ1n) is 12.6. The number of nitrogens with zero attached hydrogens (tertiary/aromatic N) is 3. The Bertz CT molecular complexity index is 1540. The maximum absolute atomic E-state index is 13.3. The maximum atomic E-state index is 13.3. The molecule has 1 amide bonds. The van der Waals surface area contributed by atoms with Crippen LogP contribution in [0, 0.1) is 6.92 Å². The molecule has 0 bridgehead atoms. The molecule has 6 rings (SSSR count). The average molecular weight is 493 g/mol. The molecule has 37 heavy (non-hydrogen) atoms. The smallest absolute Gasteiger partial charge is 0.256 e. The summed E-state index contributed by atoms with van der Waals surface area (Å²) in [5.41, 5.74) is 5.20. The summed E-state index contributed by atoms with van der Waals surface area (Å²) in [5.74, 6) is 0.293. The van der Waals surface area contributed by atoms with E-state index < -0.39 is 12.0 Å². The van der Waals surface area contributed by atoms with E-state index in [2.05, 4.69) is 22.1 Å². The van der Waals surface area contributed by atoms with Crippen LogP contribution < -0.4 is 5.56 Å². The number of fused-ring (bicyclic) bond motifs is 1. The van der Waals surface area contributed by atoms with Crippen LogP contribution in [0.15, 0.2) is 77.7 Å². The number of carbonyl (C=O) groups excluding carboxylic acids is 1. The van der Waals surface area contributed by atoms with Gasteiger partial charge in [0.15, 0.2) is 6.10 Å². The maximum Gasteiger partial charge on any atom is 0.256 e. The van der Waals surface area contributed by atoms with Gasteiger partial charge in [0, 0.05) is 30.4 Å². The minimum Gasteiger partial charge on any atom is -0.378 e. The SMILES string of the molecule is Cc1ncccc1-c1cccc(C(O)C(=O)N2CCc3nc(C4(c5ccccc5)CC4)[nH]c(=O)c3C2)c1. The second kappa shape index (κ2) is 9.09. The zero-order valence-electron chi connectivity index (χ0n) is 20.6. The van der Waals surface area contributed by atoms with Gasteiger partial charge in [0.05, 0.1) is 23.2 Å². The van der Waals surface area contributed by atoms with Crippen molar-refractivity contribution in [2.24, 2.45) is 0 Å². The van der Waals surface area contributed by atoms with Crippen LogP contribution in [0.3, 0.4) is 0 Å². The standard InChI is InChI=1S/C30H28N4O3/c1-19-23(11-6-15-31-19)20-7-5-8-21(17-20)26(35)28(37)34-16-12-25-24(18-34)27(36)33-29(32-25)30(13-14-30)22-9-3-2-4-10-22/h2-11,15,17,26,35H,12-14,16,18H2,1H3,(H,32,33,36). The third kappa shape index (κ3) is 4.15. The van der Waals surface area contributed by atoms with Gasteiger partial charge < -0.3 is 15.0 Å². The summed E-state index contributed by atoms with van der Waals surface area (Å²) >= 11 is 0. The van der Waals surface area contributed by atoms with Crippen molar-refractivity contribution in [2.75, 3.05) is 6.54 Å². The number of rotatable bonds is 5. The number of hydrogen-bond donors (Lipinski definition) is 2. The van der Waals surface area contributed by atoms with Crippen molar-refractivity contribution in [1.82, 2.24) is 19.9 Å². The first-order valence-corrected chi connectivity index (χ1v) is 12.6. The van der Waals surface area contributed by atoms with Gasteiger partial charge >= 0.3 is 0 Å². The highest BCUT2D eigenvalue weighted by atomic mass is 16.3. The van der Waals surface area contributed by atoms with Crippen molar-refractivity contribution in [3.05, 3.63) is 117 Å². The number of hydrogen-bond acceptors (Lipinski definition) is 5. The summed E-state index contributed by atoms with van der Waals surface area (Å²) in [7, 11) is 0. The van der Waals surface area contributed by atoms with Crippen LogP contribution in [0.4, 0.5) is 0 Å². The summed E-state index contributed by atoms with van der Waals surface area (Å²) in [6.07, 6.45) is 2.80. The predicted octanol–water partition coefficient (Wildman–Crippen LogP) is 3.84. The van der Waals surface area contributed by atoms with Crippen molar-refractivity contribution < 1.29 is 9.90 Å². The quantitative estimate of drug-likeness (QED) is 0.441. The normalized spacial score (nSPS) is 16.6. The molecule has 2 aromatic heterocycles. The molecule has 0 radical (unpaired) electrons. The number of aryl methyl sites for hydroxylation is 1. The summed E-state index contributed by atoms with van der Waals surface area (Å²) in [6, 6.07) is 21.3. The van der Waals surface area contributed by atoms with Gasteiger partial charge in [-0.05, 0) is 48.6 Å². The average Bonchev–Trinajstić information content (AvgIpc) is 3.75. The van der Waals surface area contributed by atoms with E-state index in [1.165, 1.54) is 0 Å². The number of aromatic nitrogens is 3. The van der Waals surface area contributed by atoms with Gasteiger partial charge in [-0.3, -0.25) is 14.6 Å². The lowest BCUT2D eigenvalue weighted by Gasteiger charge is -2.30. The number of aliphatic hydroxyl groups is 1. The Hall–Kier alpha value is -4.10. The Morgan fingerprint density at radius 2 is 1.89 bits per heavy atom. The first-order chi connectivity index (χ1) is 18.0. The molecule has 1 fully saturated rings. The van der Waals surface area contributed by atoms with E-state index in [1.54, 1.807) is 17.2 Å². The highest BCUT2D eigenvalue weighted by Crippen LogP contribution is 2.51. The highest BCUT2D eigenvalue weighted by molar-refractivity contribution is 5.83.